The SMILES string of the molecule is CNCC1CN([C@@H]2O[C@H](CO)[C@@H](O)[C@H]2O)C([Se])=NC1=O. The van der Waals surface area contributed by atoms with Gasteiger partial charge in [0.25, 0.3) is 0 Å². The van der Waals surface area contributed by atoms with Gasteiger partial charge in [0.15, 0.2) is 0 Å². The molecule has 0 spiro atoms. The molecule has 5 atom stereocenters. The third-order valence-electron chi connectivity index (χ3n) is 3.49. The van der Waals surface area contributed by atoms with Gasteiger partial charge in [-0.25, -0.2) is 0 Å². The molecule has 4 N–H and O–H groups in total. The molecule has 1 amide bonds. The molecule has 8 nitrogen and oxygen atoms in total. The zero-order valence-corrected chi connectivity index (χ0v) is 12.7. The third kappa shape index (κ3) is 2.89. The van der Waals surface area contributed by atoms with Gasteiger partial charge in [0.2, 0.25) is 0 Å². The zero-order chi connectivity index (χ0) is 14.9. The van der Waals surface area contributed by atoms with Gasteiger partial charge < -0.3 is 0 Å². The number of carbonyl (C=O) groups is 1. The van der Waals surface area contributed by atoms with Crippen molar-refractivity contribution in [3.63, 3.8) is 0 Å². The van der Waals surface area contributed by atoms with E-state index in [1.54, 1.807) is 11.9 Å². The monoisotopic (exact) mass is 352 g/mol. The van der Waals surface area contributed by atoms with Gasteiger partial charge in [-0.05, 0) is 0 Å². The van der Waals surface area contributed by atoms with Gasteiger partial charge in [-0.1, -0.05) is 0 Å². The normalized spacial score (nSPS) is 38.2. The van der Waals surface area contributed by atoms with Crippen molar-refractivity contribution in [3.8, 4) is 0 Å². The number of rotatable bonds is 4. The maximum absolute atomic E-state index is 11.8. The molecule has 2 heterocycles. The standard InChI is InChI=1S/C11H18N3O5Se/c1-12-2-5-3-14(11(20)13-9(5)18)10-8(17)7(16)6(4-15)19-10/h5-8,10,12,15-17H,2-4H2,1H3/t5?,6-,7-,8-,10-/m1/s1. The summed E-state index contributed by atoms with van der Waals surface area (Å²) in [7, 11) is 1.74. The summed E-state index contributed by atoms with van der Waals surface area (Å²) < 4.78 is 5.77. The van der Waals surface area contributed by atoms with E-state index in [1.807, 2.05) is 0 Å². The molecule has 9 heteroatoms. The number of nitrogens with one attached hydrogen (secondary N) is 1. The number of amidine groups is 1. The number of nitrogens with zero attached hydrogens (tertiary/aromatic N) is 2. The molecule has 113 valence electrons. The fourth-order valence-corrected chi connectivity index (χ4v) is 2.96. The van der Waals surface area contributed by atoms with Gasteiger partial charge in [0.1, 0.15) is 0 Å². The van der Waals surface area contributed by atoms with Crippen LogP contribution in [0.5, 0.6) is 0 Å². The maximum atomic E-state index is 11.8. The quantitative estimate of drug-likeness (QED) is 0.391. The van der Waals surface area contributed by atoms with Crippen molar-refractivity contribution in [2.45, 2.75) is 24.5 Å². The summed E-state index contributed by atoms with van der Waals surface area (Å²) in [5.74, 6) is -0.589. The molecule has 1 radical (unpaired) electrons. The average molecular weight is 351 g/mol. The molecule has 0 aromatic heterocycles. The van der Waals surface area contributed by atoms with E-state index >= 15 is 0 Å². The van der Waals surface area contributed by atoms with Gasteiger partial charge in [0, 0.05) is 0 Å². The Hall–Kier alpha value is -0.541. The van der Waals surface area contributed by atoms with Crippen LogP contribution in [-0.4, -0.2) is 98.2 Å². The molecule has 1 fully saturated rings. The van der Waals surface area contributed by atoms with Crippen LogP contribution in [0.2, 0.25) is 0 Å². The number of hydrogen-bond acceptors (Lipinski definition) is 7. The van der Waals surface area contributed by atoms with Crippen LogP contribution in [-0.2, 0) is 9.53 Å². The number of aliphatic imine (C=N–C) groups is 1. The topological polar surface area (TPSA) is 115 Å². The fraction of sp³-hybridized carbons (Fsp3) is 0.818. The van der Waals surface area contributed by atoms with Crippen molar-refractivity contribution in [2.24, 2.45) is 10.9 Å². The van der Waals surface area contributed by atoms with Crippen molar-refractivity contribution in [1.29, 1.82) is 0 Å². The van der Waals surface area contributed by atoms with E-state index in [4.69, 9.17) is 9.84 Å². The molecule has 2 rings (SSSR count). The van der Waals surface area contributed by atoms with Gasteiger partial charge in [-0.2, -0.15) is 0 Å². The summed E-state index contributed by atoms with van der Waals surface area (Å²) in [5.41, 5.74) is 0. The van der Waals surface area contributed by atoms with Gasteiger partial charge in [0.05, 0.1) is 0 Å². The number of hydrogen-bond donors (Lipinski definition) is 4. The fourth-order valence-electron chi connectivity index (χ4n) is 2.39. The van der Waals surface area contributed by atoms with Crippen LogP contribution in [0.4, 0.5) is 0 Å². The Bertz CT molecular complexity index is 408. The van der Waals surface area contributed by atoms with Crippen LogP contribution in [0.1, 0.15) is 0 Å². The summed E-state index contributed by atoms with van der Waals surface area (Å²) in [6.45, 7) is 0.389. The molecule has 0 bridgehead atoms. The van der Waals surface area contributed by atoms with E-state index in [0.29, 0.717) is 17.8 Å². The van der Waals surface area contributed by atoms with E-state index in [1.165, 1.54) is 0 Å². The molecular weight excluding hydrogens is 333 g/mol. The van der Waals surface area contributed by atoms with Gasteiger partial charge in [-0.15, -0.1) is 0 Å². The van der Waals surface area contributed by atoms with Crippen molar-refractivity contribution < 1.29 is 24.9 Å². The predicted octanol–water partition coefficient (Wildman–Crippen LogP) is -3.37. The van der Waals surface area contributed by atoms with Crippen molar-refractivity contribution in [2.75, 3.05) is 26.7 Å². The zero-order valence-electron chi connectivity index (χ0n) is 11.0. The van der Waals surface area contributed by atoms with E-state index in [2.05, 4.69) is 26.3 Å². The second-order valence-electron chi connectivity index (χ2n) is 4.87. The van der Waals surface area contributed by atoms with Crippen LogP contribution in [0.15, 0.2) is 4.99 Å². The van der Waals surface area contributed by atoms with Crippen LogP contribution in [0.25, 0.3) is 0 Å². The summed E-state index contributed by atoms with van der Waals surface area (Å²) >= 11 is 2.67. The molecular formula is C11H18N3O5Se. The molecule has 20 heavy (non-hydrogen) atoms. The Morgan fingerprint density at radius 2 is 2.20 bits per heavy atom. The van der Waals surface area contributed by atoms with Crippen LogP contribution >= 0.6 is 0 Å². The second kappa shape index (κ2) is 6.48. The molecule has 2 aliphatic rings. The molecule has 0 saturated carbocycles. The van der Waals surface area contributed by atoms with E-state index < -0.39 is 24.5 Å². The number of amides is 1. The summed E-state index contributed by atoms with van der Waals surface area (Å²) in [5, 5.41) is 31.8. The summed E-state index contributed by atoms with van der Waals surface area (Å²) in [6.07, 6.45) is -4.02. The summed E-state index contributed by atoms with van der Waals surface area (Å²) in [6, 6.07) is 0. The van der Waals surface area contributed by atoms with E-state index in [0.717, 1.165) is 0 Å². The Morgan fingerprint density at radius 3 is 2.75 bits per heavy atom. The van der Waals surface area contributed by atoms with E-state index in [-0.39, 0.29) is 18.4 Å². The first-order valence-electron chi connectivity index (χ1n) is 6.32. The Labute approximate surface area is 124 Å². The van der Waals surface area contributed by atoms with Crippen molar-refractivity contribution >= 4 is 26.7 Å². The Balaban J connectivity index is 2.15. The number of carbonyl (C=O) groups excluding carboxylic acids is 1. The minimum atomic E-state index is -1.17. The van der Waals surface area contributed by atoms with Gasteiger partial charge >= 0.3 is 124 Å². The minimum absolute atomic E-state index is 0.240. The first-order chi connectivity index (χ1) is 9.49. The molecule has 0 aliphatic carbocycles. The molecule has 0 aromatic rings. The number of ether oxygens (including phenoxy) is 1. The van der Waals surface area contributed by atoms with Gasteiger partial charge in [-0.3, -0.25) is 0 Å². The molecule has 2 aliphatic heterocycles. The van der Waals surface area contributed by atoms with Crippen molar-refractivity contribution in [1.82, 2.24) is 10.2 Å². The van der Waals surface area contributed by atoms with Crippen LogP contribution in [0.3, 0.4) is 0 Å². The second-order valence-corrected chi connectivity index (χ2v) is 5.63. The molecule has 1 saturated heterocycles. The number of aliphatic hydroxyl groups excluding tert-OH is 3. The average Bonchev–Trinajstić information content (AvgIpc) is 2.70. The van der Waals surface area contributed by atoms with Crippen LogP contribution in [0, 0.1) is 5.92 Å². The van der Waals surface area contributed by atoms with Crippen molar-refractivity contribution in [3.05, 3.63) is 0 Å². The third-order valence-corrected chi connectivity index (χ3v) is 4.18. The summed E-state index contributed by atoms with van der Waals surface area (Å²) in [4.78, 5) is 17.3. The predicted molar refractivity (Wildman–Crippen MR) is 70.1 cm³/mol. The molecule has 1 unspecified atom stereocenters. The first kappa shape index (κ1) is 15.8. The Kier molecular flexibility index (Phi) is 5.14. The Morgan fingerprint density at radius 1 is 1.50 bits per heavy atom. The number of aliphatic hydroxyl groups is 3. The molecule has 0 aromatic carbocycles. The first-order valence-corrected chi connectivity index (χ1v) is 7.18. The van der Waals surface area contributed by atoms with Crippen LogP contribution < -0.4 is 5.32 Å². The van der Waals surface area contributed by atoms with E-state index in [9.17, 15) is 15.0 Å².